The van der Waals surface area contributed by atoms with E-state index in [0.717, 1.165) is 22.4 Å². The van der Waals surface area contributed by atoms with Crippen LogP contribution in [-0.2, 0) is 0 Å². The fourth-order valence-electron chi connectivity index (χ4n) is 1.72. The highest BCUT2D eigenvalue weighted by atomic mass is 32.1. The van der Waals surface area contributed by atoms with Crippen LogP contribution in [0.5, 0.6) is 5.75 Å². The van der Waals surface area contributed by atoms with Gasteiger partial charge in [-0.2, -0.15) is 0 Å². The van der Waals surface area contributed by atoms with Gasteiger partial charge in [-0.25, -0.2) is 4.79 Å². The standard InChI is InChI=1S/C14H15NO3S/c1-3-4-18-11-6-10(7-15-8-11)13-9(2)5-12(19-13)14(16)17/h5-8H,3-4H2,1-2H3,(H,16,17). The monoisotopic (exact) mass is 277 g/mol. The number of ether oxygens (including phenoxy) is 1. The number of hydrogen-bond donors (Lipinski definition) is 1. The molecule has 2 aromatic rings. The van der Waals surface area contributed by atoms with Crippen LogP contribution >= 0.6 is 11.3 Å². The first kappa shape index (κ1) is 13.5. The average molecular weight is 277 g/mol. The van der Waals surface area contributed by atoms with E-state index >= 15 is 0 Å². The lowest BCUT2D eigenvalue weighted by atomic mass is 10.1. The normalized spacial score (nSPS) is 10.4. The molecule has 0 radical (unpaired) electrons. The molecule has 0 aliphatic carbocycles. The fourth-order valence-corrected chi connectivity index (χ4v) is 2.71. The Bertz CT molecular complexity index is 592. The molecule has 0 aliphatic heterocycles. The van der Waals surface area contributed by atoms with E-state index in [2.05, 4.69) is 4.98 Å². The van der Waals surface area contributed by atoms with E-state index in [4.69, 9.17) is 9.84 Å². The summed E-state index contributed by atoms with van der Waals surface area (Å²) in [4.78, 5) is 16.4. The van der Waals surface area contributed by atoms with E-state index in [1.54, 1.807) is 18.5 Å². The number of carboxylic acids is 1. The first-order chi connectivity index (χ1) is 9.11. The predicted molar refractivity (Wildman–Crippen MR) is 75.0 cm³/mol. The molecule has 0 saturated heterocycles. The molecule has 0 saturated carbocycles. The van der Waals surface area contributed by atoms with Crippen LogP contribution in [0.1, 0.15) is 28.6 Å². The number of aromatic carboxylic acids is 1. The van der Waals surface area contributed by atoms with Crippen LogP contribution in [0.25, 0.3) is 10.4 Å². The van der Waals surface area contributed by atoms with Crippen molar-refractivity contribution in [2.75, 3.05) is 6.61 Å². The molecule has 0 spiro atoms. The van der Waals surface area contributed by atoms with Gasteiger partial charge in [-0.1, -0.05) is 6.92 Å². The number of thiophene rings is 1. The summed E-state index contributed by atoms with van der Waals surface area (Å²) in [6.45, 7) is 4.59. The summed E-state index contributed by atoms with van der Waals surface area (Å²) in [5.41, 5.74) is 1.83. The summed E-state index contributed by atoms with van der Waals surface area (Å²) in [5, 5.41) is 9.01. The van der Waals surface area contributed by atoms with E-state index < -0.39 is 5.97 Å². The molecular weight excluding hydrogens is 262 g/mol. The van der Waals surface area contributed by atoms with Gasteiger partial charge in [0.1, 0.15) is 10.6 Å². The zero-order valence-corrected chi connectivity index (χ0v) is 11.7. The van der Waals surface area contributed by atoms with Crippen molar-refractivity contribution in [3.63, 3.8) is 0 Å². The van der Waals surface area contributed by atoms with E-state index in [9.17, 15) is 4.79 Å². The van der Waals surface area contributed by atoms with Gasteiger partial charge < -0.3 is 9.84 Å². The summed E-state index contributed by atoms with van der Waals surface area (Å²) >= 11 is 1.26. The van der Waals surface area contributed by atoms with Gasteiger partial charge in [0.2, 0.25) is 0 Å². The van der Waals surface area contributed by atoms with Gasteiger partial charge in [-0.3, -0.25) is 4.98 Å². The molecule has 4 nitrogen and oxygen atoms in total. The highest BCUT2D eigenvalue weighted by Crippen LogP contribution is 2.33. The Morgan fingerprint density at radius 3 is 2.84 bits per heavy atom. The van der Waals surface area contributed by atoms with Crippen molar-refractivity contribution in [2.24, 2.45) is 0 Å². The molecule has 2 heterocycles. The van der Waals surface area contributed by atoms with Crippen LogP contribution in [-0.4, -0.2) is 22.7 Å². The molecule has 0 aromatic carbocycles. The van der Waals surface area contributed by atoms with Crippen molar-refractivity contribution in [1.29, 1.82) is 0 Å². The Morgan fingerprint density at radius 2 is 2.21 bits per heavy atom. The molecule has 0 bridgehead atoms. The van der Waals surface area contributed by atoms with E-state index in [1.165, 1.54) is 11.3 Å². The zero-order chi connectivity index (χ0) is 13.8. The van der Waals surface area contributed by atoms with Crippen LogP contribution in [0, 0.1) is 6.92 Å². The van der Waals surface area contributed by atoms with E-state index in [1.807, 2.05) is 19.9 Å². The maximum atomic E-state index is 11.0. The lowest BCUT2D eigenvalue weighted by Gasteiger charge is -2.05. The van der Waals surface area contributed by atoms with Crippen molar-refractivity contribution in [2.45, 2.75) is 20.3 Å². The molecule has 19 heavy (non-hydrogen) atoms. The number of nitrogens with zero attached hydrogens (tertiary/aromatic N) is 1. The van der Waals surface area contributed by atoms with Gasteiger partial charge in [0.15, 0.2) is 0 Å². The number of aromatic nitrogens is 1. The lowest BCUT2D eigenvalue weighted by Crippen LogP contribution is -1.95. The highest BCUT2D eigenvalue weighted by Gasteiger charge is 2.13. The Hall–Kier alpha value is -1.88. The molecule has 0 aliphatic rings. The molecule has 5 heteroatoms. The zero-order valence-electron chi connectivity index (χ0n) is 10.8. The summed E-state index contributed by atoms with van der Waals surface area (Å²) in [6.07, 6.45) is 4.33. The quantitative estimate of drug-likeness (QED) is 0.907. The molecule has 0 amide bonds. The third kappa shape index (κ3) is 3.12. The number of hydrogen-bond acceptors (Lipinski definition) is 4. The molecule has 100 valence electrons. The molecular formula is C14H15NO3S. The van der Waals surface area contributed by atoms with Crippen molar-refractivity contribution in [3.05, 3.63) is 35.0 Å². The smallest absolute Gasteiger partial charge is 0.345 e. The SMILES string of the molecule is CCCOc1cncc(-c2sc(C(=O)O)cc2C)c1. The third-order valence-electron chi connectivity index (χ3n) is 2.58. The van der Waals surface area contributed by atoms with Gasteiger partial charge in [-0.05, 0) is 31.0 Å². The molecule has 0 unspecified atom stereocenters. The third-order valence-corrected chi connectivity index (χ3v) is 3.85. The minimum atomic E-state index is -0.898. The maximum absolute atomic E-state index is 11.0. The minimum absolute atomic E-state index is 0.340. The van der Waals surface area contributed by atoms with Crippen LogP contribution < -0.4 is 4.74 Å². The summed E-state index contributed by atoms with van der Waals surface area (Å²) < 4.78 is 5.54. The number of carbonyl (C=O) groups is 1. The van der Waals surface area contributed by atoms with Crippen LogP contribution in [0.4, 0.5) is 0 Å². The van der Waals surface area contributed by atoms with Crippen molar-refractivity contribution < 1.29 is 14.6 Å². The lowest BCUT2D eigenvalue weighted by molar-refractivity contribution is 0.0702. The van der Waals surface area contributed by atoms with Gasteiger partial charge in [-0.15, -0.1) is 11.3 Å². The summed E-state index contributed by atoms with van der Waals surface area (Å²) in [6, 6.07) is 3.58. The molecule has 0 fully saturated rings. The topological polar surface area (TPSA) is 59.4 Å². The molecule has 0 atom stereocenters. The van der Waals surface area contributed by atoms with Gasteiger partial charge >= 0.3 is 5.97 Å². The first-order valence-electron chi connectivity index (χ1n) is 6.03. The van der Waals surface area contributed by atoms with Crippen molar-refractivity contribution in [3.8, 4) is 16.2 Å². The second kappa shape index (κ2) is 5.84. The summed E-state index contributed by atoms with van der Waals surface area (Å²) in [5.74, 6) is -0.185. The Labute approximate surface area is 115 Å². The number of aryl methyl sites for hydroxylation is 1. The van der Waals surface area contributed by atoms with E-state index in [0.29, 0.717) is 17.2 Å². The Kier molecular flexibility index (Phi) is 4.16. The largest absolute Gasteiger partial charge is 0.492 e. The van der Waals surface area contributed by atoms with Crippen molar-refractivity contribution >= 4 is 17.3 Å². The number of carboxylic acid groups (broad SMARTS) is 1. The minimum Gasteiger partial charge on any atom is -0.492 e. The fraction of sp³-hybridized carbons (Fsp3) is 0.286. The van der Waals surface area contributed by atoms with Crippen LogP contribution in [0.15, 0.2) is 24.5 Å². The Balaban J connectivity index is 2.33. The van der Waals surface area contributed by atoms with Crippen LogP contribution in [0.3, 0.4) is 0 Å². The van der Waals surface area contributed by atoms with E-state index in [-0.39, 0.29) is 0 Å². The molecule has 1 N–H and O–H groups in total. The number of pyridine rings is 1. The highest BCUT2D eigenvalue weighted by molar-refractivity contribution is 7.17. The molecule has 2 aromatic heterocycles. The van der Waals surface area contributed by atoms with Crippen molar-refractivity contribution in [1.82, 2.24) is 4.98 Å². The second-order valence-corrected chi connectivity index (χ2v) is 5.24. The van der Waals surface area contributed by atoms with Gasteiger partial charge in [0.25, 0.3) is 0 Å². The van der Waals surface area contributed by atoms with Gasteiger partial charge in [0.05, 0.1) is 12.8 Å². The van der Waals surface area contributed by atoms with Crippen LogP contribution in [0.2, 0.25) is 0 Å². The number of rotatable bonds is 5. The Morgan fingerprint density at radius 1 is 1.42 bits per heavy atom. The average Bonchev–Trinajstić information content (AvgIpc) is 2.79. The predicted octanol–water partition coefficient (Wildman–Crippen LogP) is 3.61. The second-order valence-electron chi connectivity index (χ2n) is 4.19. The molecule has 2 rings (SSSR count). The van der Waals surface area contributed by atoms with Gasteiger partial charge in [0, 0.05) is 16.6 Å². The maximum Gasteiger partial charge on any atom is 0.345 e. The summed E-state index contributed by atoms with van der Waals surface area (Å²) in [7, 11) is 0. The first-order valence-corrected chi connectivity index (χ1v) is 6.85.